The summed E-state index contributed by atoms with van der Waals surface area (Å²) in [5.74, 6) is -0.0670. The topological polar surface area (TPSA) is 61.2 Å². The number of para-hydroxylation sites is 2. The number of hydrogen-bond donors (Lipinski definition) is 0. The molecule has 0 aliphatic carbocycles. The predicted molar refractivity (Wildman–Crippen MR) is 70.8 cm³/mol. The summed E-state index contributed by atoms with van der Waals surface area (Å²) in [7, 11) is 0. The maximum atomic E-state index is 12.1. The SMILES string of the molecule is Cc1nc2ccccc2n1C(=O)OC(=O)C(C)(C)C. The van der Waals surface area contributed by atoms with E-state index in [2.05, 4.69) is 4.98 Å². The predicted octanol–water partition coefficient (Wildman–Crippen LogP) is 2.90. The van der Waals surface area contributed by atoms with E-state index in [0.29, 0.717) is 16.9 Å². The zero-order valence-corrected chi connectivity index (χ0v) is 11.4. The Kier molecular flexibility index (Phi) is 3.14. The number of aromatic nitrogens is 2. The second-order valence-corrected chi connectivity index (χ2v) is 5.39. The molecule has 1 aromatic carbocycles. The molecule has 0 bridgehead atoms. The zero-order chi connectivity index (χ0) is 14.2. The van der Waals surface area contributed by atoms with Crippen molar-refractivity contribution in [1.29, 1.82) is 0 Å². The van der Waals surface area contributed by atoms with E-state index in [0.717, 1.165) is 0 Å². The quantitative estimate of drug-likeness (QED) is 0.539. The van der Waals surface area contributed by atoms with Gasteiger partial charge < -0.3 is 4.74 Å². The van der Waals surface area contributed by atoms with Crippen molar-refractivity contribution in [2.24, 2.45) is 5.41 Å². The van der Waals surface area contributed by atoms with Gasteiger partial charge in [0.2, 0.25) is 0 Å². The van der Waals surface area contributed by atoms with Crippen molar-refractivity contribution in [3.63, 3.8) is 0 Å². The smallest absolute Gasteiger partial charge is 0.375 e. The van der Waals surface area contributed by atoms with Crippen LogP contribution < -0.4 is 0 Å². The molecule has 0 atom stereocenters. The molecule has 0 aliphatic heterocycles. The van der Waals surface area contributed by atoms with Crippen molar-refractivity contribution < 1.29 is 14.3 Å². The molecule has 0 saturated carbocycles. The molecular weight excluding hydrogens is 244 g/mol. The average molecular weight is 260 g/mol. The molecule has 0 unspecified atom stereocenters. The molecular formula is C14H16N2O3. The highest BCUT2D eigenvalue weighted by Gasteiger charge is 2.27. The lowest BCUT2D eigenvalue weighted by Crippen LogP contribution is -2.28. The van der Waals surface area contributed by atoms with Crippen molar-refractivity contribution in [3.05, 3.63) is 30.1 Å². The van der Waals surface area contributed by atoms with Gasteiger partial charge in [0.25, 0.3) is 0 Å². The summed E-state index contributed by atoms with van der Waals surface area (Å²) in [5.41, 5.74) is 0.604. The van der Waals surface area contributed by atoms with Gasteiger partial charge in [-0.1, -0.05) is 12.1 Å². The Hall–Kier alpha value is -2.17. The van der Waals surface area contributed by atoms with Crippen molar-refractivity contribution in [3.8, 4) is 0 Å². The Balaban J connectivity index is 2.37. The fraction of sp³-hybridized carbons (Fsp3) is 0.357. The van der Waals surface area contributed by atoms with E-state index in [1.54, 1.807) is 45.9 Å². The van der Waals surface area contributed by atoms with E-state index in [9.17, 15) is 9.59 Å². The monoisotopic (exact) mass is 260 g/mol. The van der Waals surface area contributed by atoms with Crippen molar-refractivity contribution in [2.75, 3.05) is 0 Å². The number of carbonyl (C=O) groups excluding carboxylic acids is 2. The van der Waals surface area contributed by atoms with E-state index >= 15 is 0 Å². The highest BCUT2D eigenvalue weighted by Crippen LogP contribution is 2.19. The number of benzene rings is 1. The number of hydrogen-bond acceptors (Lipinski definition) is 4. The van der Waals surface area contributed by atoms with E-state index in [-0.39, 0.29) is 0 Å². The minimum absolute atomic E-state index is 0.493. The molecule has 2 aromatic rings. The van der Waals surface area contributed by atoms with E-state index < -0.39 is 17.5 Å². The fourth-order valence-corrected chi connectivity index (χ4v) is 1.65. The van der Waals surface area contributed by atoms with E-state index in [1.807, 2.05) is 6.07 Å². The summed E-state index contributed by atoms with van der Waals surface area (Å²) in [6, 6.07) is 7.21. The number of aryl methyl sites for hydroxylation is 1. The van der Waals surface area contributed by atoms with Gasteiger partial charge >= 0.3 is 12.1 Å². The van der Waals surface area contributed by atoms with Crippen LogP contribution in [-0.2, 0) is 9.53 Å². The van der Waals surface area contributed by atoms with Crippen LogP contribution in [0.25, 0.3) is 11.0 Å². The third-order valence-corrected chi connectivity index (χ3v) is 2.70. The maximum absolute atomic E-state index is 12.1. The first-order valence-electron chi connectivity index (χ1n) is 6.01. The molecule has 1 aromatic heterocycles. The standard InChI is InChI=1S/C14H16N2O3/c1-9-15-10-7-5-6-8-11(10)16(9)13(18)19-12(17)14(2,3)4/h5-8H,1-4H3. The average Bonchev–Trinajstić information content (AvgIpc) is 2.63. The molecule has 0 aliphatic rings. The summed E-state index contributed by atoms with van der Waals surface area (Å²) < 4.78 is 6.20. The van der Waals surface area contributed by atoms with Crippen molar-refractivity contribution >= 4 is 23.1 Å². The number of esters is 1. The lowest BCUT2D eigenvalue weighted by atomic mass is 9.97. The maximum Gasteiger partial charge on any atom is 0.427 e. The summed E-state index contributed by atoms with van der Waals surface area (Å²) in [6.07, 6.45) is -0.717. The lowest BCUT2D eigenvalue weighted by Gasteiger charge is -2.15. The number of ether oxygens (including phenoxy) is 1. The molecule has 0 saturated heterocycles. The molecule has 0 spiro atoms. The van der Waals surface area contributed by atoms with Crippen LogP contribution in [0.4, 0.5) is 4.79 Å². The molecule has 2 rings (SSSR count). The zero-order valence-electron chi connectivity index (χ0n) is 11.4. The van der Waals surface area contributed by atoms with Gasteiger partial charge in [0.1, 0.15) is 5.82 Å². The summed E-state index contributed by atoms with van der Waals surface area (Å²) in [5, 5.41) is 0. The Morgan fingerprint density at radius 1 is 1.21 bits per heavy atom. The van der Waals surface area contributed by atoms with Crippen LogP contribution in [0.5, 0.6) is 0 Å². The Bertz CT molecular complexity index is 650. The highest BCUT2D eigenvalue weighted by atomic mass is 16.6. The normalized spacial score (nSPS) is 11.6. The third kappa shape index (κ3) is 2.50. The molecule has 0 fully saturated rings. The molecule has 0 N–H and O–H groups in total. The van der Waals surface area contributed by atoms with Crippen LogP contribution in [0.2, 0.25) is 0 Å². The van der Waals surface area contributed by atoms with Gasteiger partial charge in [0, 0.05) is 0 Å². The largest absolute Gasteiger partial charge is 0.427 e. The summed E-state index contributed by atoms with van der Waals surface area (Å²) in [4.78, 5) is 28.1. The van der Waals surface area contributed by atoms with Gasteiger partial charge in [0.05, 0.1) is 16.4 Å². The van der Waals surface area contributed by atoms with Gasteiger partial charge in [-0.2, -0.15) is 0 Å². The molecule has 19 heavy (non-hydrogen) atoms. The second kappa shape index (κ2) is 4.50. The lowest BCUT2D eigenvalue weighted by molar-refractivity contribution is -0.146. The number of rotatable bonds is 0. The molecule has 1 heterocycles. The second-order valence-electron chi connectivity index (χ2n) is 5.39. The first kappa shape index (κ1) is 13.3. The summed E-state index contributed by atoms with van der Waals surface area (Å²) >= 11 is 0. The van der Waals surface area contributed by atoms with E-state index in [4.69, 9.17) is 4.74 Å². The Morgan fingerprint density at radius 2 is 1.84 bits per heavy atom. The van der Waals surface area contributed by atoms with Gasteiger partial charge in [0.15, 0.2) is 0 Å². The Labute approximate surface area is 111 Å². The fourth-order valence-electron chi connectivity index (χ4n) is 1.65. The van der Waals surface area contributed by atoms with Crippen molar-refractivity contribution in [1.82, 2.24) is 9.55 Å². The van der Waals surface area contributed by atoms with Crippen molar-refractivity contribution in [2.45, 2.75) is 27.7 Å². The van der Waals surface area contributed by atoms with Crippen LogP contribution in [0.1, 0.15) is 26.6 Å². The minimum atomic E-state index is -0.722. The van der Waals surface area contributed by atoms with Crippen LogP contribution in [0.3, 0.4) is 0 Å². The van der Waals surface area contributed by atoms with Gasteiger partial charge in [-0.05, 0) is 39.8 Å². The van der Waals surface area contributed by atoms with E-state index in [1.165, 1.54) is 4.57 Å². The highest BCUT2D eigenvalue weighted by molar-refractivity contribution is 5.93. The molecule has 5 nitrogen and oxygen atoms in total. The van der Waals surface area contributed by atoms with Crippen LogP contribution in [0, 0.1) is 12.3 Å². The number of nitrogens with zero attached hydrogens (tertiary/aromatic N) is 2. The molecule has 100 valence electrons. The number of carbonyl (C=O) groups is 2. The van der Waals surface area contributed by atoms with Crippen LogP contribution in [0.15, 0.2) is 24.3 Å². The van der Waals surface area contributed by atoms with Gasteiger partial charge in [-0.15, -0.1) is 0 Å². The minimum Gasteiger partial charge on any atom is -0.375 e. The van der Waals surface area contributed by atoms with Gasteiger partial charge in [-0.25, -0.2) is 14.3 Å². The Morgan fingerprint density at radius 3 is 2.47 bits per heavy atom. The third-order valence-electron chi connectivity index (χ3n) is 2.70. The first-order valence-corrected chi connectivity index (χ1v) is 6.01. The number of imidazole rings is 1. The number of fused-ring (bicyclic) bond motifs is 1. The van der Waals surface area contributed by atoms with Crippen LogP contribution in [-0.4, -0.2) is 21.6 Å². The van der Waals surface area contributed by atoms with Crippen LogP contribution >= 0.6 is 0 Å². The molecule has 0 amide bonds. The molecule has 5 heteroatoms. The first-order chi connectivity index (χ1) is 8.80. The molecule has 0 radical (unpaired) electrons. The summed E-state index contributed by atoms with van der Waals surface area (Å²) in [6.45, 7) is 6.79. The van der Waals surface area contributed by atoms with Gasteiger partial charge in [-0.3, -0.25) is 4.79 Å².